The van der Waals surface area contributed by atoms with Crippen LogP contribution in [0.2, 0.25) is 0 Å². The predicted molar refractivity (Wildman–Crippen MR) is 57.6 cm³/mol. The first-order valence-corrected chi connectivity index (χ1v) is 5.21. The van der Waals surface area contributed by atoms with Crippen molar-refractivity contribution in [3.05, 3.63) is 29.3 Å². The van der Waals surface area contributed by atoms with Crippen LogP contribution in [-0.4, -0.2) is 13.2 Å². The second-order valence-electron chi connectivity index (χ2n) is 3.95. The van der Waals surface area contributed by atoms with E-state index in [0.29, 0.717) is 6.04 Å². The summed E-state index contributed by atoms with van der Waals surface area (Å²) in [5.74, 6) is 1.02. The zero-order valence-electron chi connectivity index (χ0n) is 8.62. The Morgan fingerprint density at radius 2 is 2.29 bits per heavy atom. The fourth-order valence-electron chi connectivity index (χ4n) is 2.20. The summed E-state index contributed by atoms with van der Waals surface area (Å²) in [5.41, 5.74) is 8.73. The van der Waals surface area contributed by atoms with E-state index in [-0.39, 0.29) is 0 Å². The molecule has 0 aromatic heterocycles. The highest BCUT2D eigenvalue weighted by Gasteiger charge is 2.16. The molecule has 0 amide bonds. The zero-order chi connectivity index (χ0) is 9.97. The quantitative estimate of drug-likeness (QED) is 0.688. The van der Waals surface area contributed by atoms with Crippen molar-refractivity contribution in [3.63, 3.8) is 0 Å². The summed E-state index contributed by atoms with van der Waals surface area (Å²) < 4.78 is 5.36. The molecule has 1 aliphatic carbocycles. The van der Waals surface area contributed by atoms with Crippen LogP contribution < -0.4 is 10.5 Å². The number of fused-ring (bicyclic) bond motifs is 1. The van der Waals surface area contributed by atoms with Crippen LogP contribution >= 0.6 is 0 Å². The van der Waals surface area contributed by atoms with Gasteiger partial charge in [-0.05, 0) is 42.9 Å². The zero-order valence-corrected chi connectivity index (χ0v) is 8.62. The molecule has 0 radical (unpaired) electrons. The molecule has 1 aromatic carbocycles. The maximum atomic E-state index is 6.00. The Bertz CT molecular complexity index is 322. The standard InChI is InChI=1S/C12H17NO/c1-14-12-7-2-4-9-8-10(13)5-3-6-11(9)12/h2,4,7,10H,3,5-6,8,13H2,1H3/t10-/m0/s1. The first-order chi connectivity index (χ1) is 6.81. The first-order valence-electron chi connectivity index (χ1n) is 5.21. The summed E-state index contributed by atoms with van der Waals surface area (Å²) >= 11 is 0. The summed E-state index contributed by atoms with van der Waals surface area (Å²) in [5, 5.41) is 0. The van der Waals surface area contributed by atoms with Crippen molar-refractivity contribution < 1.29 is 4.74 Å². The minimum absolute atomic E-state index is 0.323. The average molecular weight is 191 g/mol. The van der Waals surface area contributed by atoms with Gasteiger partial charge in [-0.1, -0.05) is 12.1 Å². The van der Waals surface area contributed by atoms with Crippen LogP contribution in [0.1, 0.15) is 24.0 Å². The number of methoxy groups -OCH3 is 1. The van der Waals surface area contributed by atoms with Gasteiger partial charge in [-0.3, -0.25) is 0 Å². The lowest BCUT2D eigenvalue weighted by atomic mass is 10.0. The van der Waals surface area contributed by atoms with Crippen molar-refractivity contribution in [1.29, 1.82) is 0 Å². The molecular weight excluding hydrogens is 174 g/mol. The molecule has 14 heavy (non-hydrogen) atoms. The molecule has 0 aliphatic heterocycles. The first kappa shape index (κ1) is 9.53. The monoisotopic (exact) mass is 191 g/mol. The molecule has 0 unspecified atom stereocenters. The maximum Gasteiger partial charge on any atom is 0.122 e. The topological polar surface area (TPSA) is 35.2 Å². The second-order valence-corrected chi connectivity index (χ2v) is 3.95. The Hall–Kier alpha value is -1.02. The van der Waals surface area contributed by atoms with E-state index in [4.69, 9.17) is 10.5 Å². The number of hydrogen-bond donors (Lipinski definition) is 1. The van der Waals surface area contributed by atoms with E-state index < -0.39 is 0 Å². The van der Waals surface area contributed by atoms with Crippen LogP contribution in [0.4, 0.5) is 0 Å². The van der Waals surface area contributed by atoms with Gasteiger partial charge >= 0.3 is 0 Å². The van der Waals surface area contributed by atoms with Crippen LogP contribution in [0.3, 0.4) is 0 Å². The van der Waals surface area contributed by atoms with Crippen LogP contribution in [-0.2, 0) is 12.8 Å². The highest BCUT2D eigenvalue weighted by molar-refractivity contribution is 5.41. The molecule has 0 spiro atoms. The van der Waals surface area contributed by atoms with Gasteiger partial charge in [0.15, 0.2) is 0 Å². The van der Waals surface area contributed by atoms with E-state index in [1.165, 1.54) is 17.5 Å². The number of benzene rings is 1. The highest BCUT2D eigenvalue weighted by atomic mass is 16.5. The third-order valence-corrected chi connectivity index (χ3v) is 2.93. The number of ether oxygens (including phenoxy) is 1. The third kappa shape index (κ3) is 1.75. The molecule has 2 rings (SSSR count). The second kappa shape index (κ2) is 4.01. The van der Waals surface area contributed by atoms with E-state index in [0.717, 1.165) is 25.0 Å². The van der Waals surface area contributed by atoms with Gasteiger partial charge in [-0.2, -0.15) is 0 Å². The summed E-state index contributed by atoms with van der Waals surface area (Å²) in [6.07, 6.45) is 4.39. The Morgan fingerprint density at radius 3 is 3.07 bits per heavy atom. The Labute approximate surface area is 85.1 Å². The minimum Gasteiger partial charge on any atom is -0.496 e. The summed E-state index contributed by atoms with van der Waals surface area (Å²) in [4.78, 5) is 0. The molecule has 1 atom stereocenters. The van der Waals surface area contributed by atoms with Crippen molar-refractivity contribution in [2.24, 2.45) is 5.73 Å². The minimum atomic E-state index is 0.323. The highest BCUT2D eigenvalue weighted by Crippen LogP contribution is 2.28. The molecule has 76 valence electrons. The number of hydrogen-bond acceptors (Lipinski definition) is 2. The molecule has 0 bridgehead atoms. The third-order valence-electron chi connectivity index (χ3n) is 2.93. The average Bonchev–Trinajstić information content (AvgIpc) is 2.37. The van der Waals surface area contributed by atoms with Gasteiger partial charge in [0.05, 0.1) is 7.11 Å². The maximum absolute atomic E-state index is 6.00. The van der Waals surface area contributed by atoms with E-state index in [1.54, 1.807) is 7.11 Å². The number of rotatable bonds is 1. The smallest absolute Gasteiger partial charge is 0.122 e. The molecular formula is C12H17NO. The Kier molecular flexibility index (Phi) is 2.73. The van der Waals surface area contributed by atoms with Gasteiger partial charge in [0, 0.05) is 6.04 Å². The SMILES string of the molecule is COc1cccc2c1CCC[C@H](N)C2. The largest absolute Gasteiger partial charge is 0.496 e. The van der Waals surface area contributed by atoms with Crippen LogP contribution in [0.25, 0.3) is 0 Å². The van der Waals surface area contributed by atoms with Gasteiger partial charge in [0.25, 0.3) is 0 Å². The van der Waals surface area contributed by atoms with Crippen molar-refractivity contribution in [2.75, 3.05) is 7.11 Å². The molecule has 0 saturated heterocycles. The van der Waals surface area contributed by atoms with Crippen LogP contribution in [0.5, 0.6) is 5.75 Å². The molecule has 0 heterocycles. The molecule has 0 fully saturated rings. The van der Waals surface area contributed by atoms with E-state index >= 15 is 0 Å². The normalized spacial score (nSPS) is 21.1. The van der Waals surface area contributed by atoms with Crippen molar-refractivity contribution >= 4 is 0 Å². The van der Waals surface area contributed by atoms with Gasteiger partial charge in [-0.25, -0.2) is 0 Å². The van der Waals surface area contributed by atoms with Crippen LogP contribution in [0.15, 0.2) is 18.2 Å². The summed E-state index contributed by atoms with van der Waals surface area (Å²) in [7, 11) is 1.74. The van der Waals surface area contributed by atoms with E-state index in [9.17, 15) is 0 Å². The van der Waals surface area contributed by atoms with Crippen LogP contribution in [0, 0.1) is 0 Å². The molecule has 2 N–H and O–H groups in total. The van der Waals surface area contributed by atoms with E-state index in [2.05, 4.69) is 12.1 Å². The van der Waals surface area contributed by atoms with Gasteiger partial charge in [0.1, 0.15) is 5.75 Å². The molecule has 1 aliphatic rings. The fourth-order valence-corrected chi connectivity index (χ4v) is 2.20. The van der Waals surface area contributed by atoms with Gasteiger partial charge < -0.3 is 10.5 Å². The fraction of sp³-hybridized carbons (Fsp3) is 0.500. The number of nitrogens with two attached hydrogens (primary N) is 1. The molecule has 1 aromatic rings. The Balaban J connectivity index is 2.38. The predicted octanol–water partition coefficient (Wildman–Crippen LogP) is 1.90. The lowest BCUT2D eigenvalue weighted by Crippen LogP contribution is -2.21. The lowest BCUT2D eigenvalue weighted by molar-refractivity contribution is 0.409. The molecule has 2 nitrogen and oxygen atoms in total. The molecule has 0 saturated carbocycles. The summed E-state index contributed by atoms with van der Waals surface area (Å²) in [6.45, 7) is 0. The van der Waals surface area contributed by atoms with Crippen molar-refractivity contribution in [3.8, 4) is 5.75 Å². The lowest BCUT2D eigenvalue weighted by Gasteiger charge is -2.11. The van der Waals surface area contributed by atoms with Crippen molar-refractivity contribution in [1.82, 2.24) is 0 Å². The van der Waals surface area contributed by atoms with Gasteiger partial charge in [-0.15, -0.1) is 0 Å². The van der Waals surface area contributed by atoms with Gasteiger partial charge in [0.2, 0.25) is 0 Å². The Morgan fingerprint density at radius 1 is 1.43 bits per heavy atom. The summed E-state index contributed by atoms with van der Waals surface area (Å²) in [6, 6.07) is 6.58. The van der Waals surface area contributed by atoms with Crippen molar-refractivity contribution in [2.45, 2.75) is 31.7 Å². The molecule has 2 heteroatoms. The van der Waals surface area contributed by atoms with E-state index in [1.807, 2.05) is 6.07 Å².